The summed E-state index contributed by atoms with van der Waals surface area (Å²) in [5.74, 6) is -0.193. The van der Waals surface area contributed by atoms with Crippen LogP contribution < -0.4 is 5.32 Å². The summed E-state index contributed by atoms with van der Waals surface area (Å²) in [6.07, 6.45) is 1.88. The Hall–Kier alpha value is -0.610. The molecule has 0 radical (unpaired) electrons. The lowest BCUT2D eigenvalue weighted by Gasteiger charge is -2.35. The van der Waals surface area contributed by atoms with Gasteiger partial charge in [-0.2, -0.15) is 0 Å². The van der Waals surface area contributed by atoms with Gasteiger partial charge in [-0.1, -0.05) is 0 Å². The Morgan fingerprint density at radius 1 is 1.47 bits per heavy atom. The molecule has 100 valence electrons. The molecular formula is C13H25NO3. The number of carbonyl (C=O) groups excluding carboxylic acids is 1. The molecule has 1 heterocycles. The van der Waals surface area contributed by atoms with Crippen molar-refractivity contribution in [3.63, 3.8) is 0 Å². The molecule has 1 aliphatic rings. The minimum absolute atomic E-state index is 0.0934. The first-order chi connectivity index (χ1) is 7.68. The highest BCUT2D eigenvalue weighted by Gasteiger charge is 2.29. The molecule has 1 atom stereocenters. The van der Waals surface area contributed by atoms with Crippen LogP contribution in [-0.4, -0.2) is 36.4 Å². The van der Waals surface area contributed by atoms with Crippen molar-refractivity contribution in [1.82, 2.24) is 5.32 Å². The lowest BCUT2D eigenvalue weighted by atomic mass is 9.94. The molecule has 0 bridgehead atoms. The molecule has 1 unspecified atom stereocenters. The molecule has 0 aromatic carbocycles. The summed E-state index contributed by atoms with van der Waals surface area (Å²) in [6, 6.07) is 0.339. The van der Waals surface area contributed by atoms with Gasteiger partial charge in [0.1, 0.15) is 5.60 Å². The molecule has 0 amide bonds. The minimum atomic E-state index is -0.409. The third kappa shape index (κ3) is 6.03. The van der Waals surface area contributed by atoms with Gasteiger partial charge in [0.05, 0.1) is 12.1 Å². The number of carbonyl (C=O) groups is 1. The Morgan fingerprint density at radius 3 is 2.65 bits per heavy atom. The fraction of sp³-hybridized carbons (Fsp3) is 0.923. The van der Waals surface area contributed by atoms with Crippen LogP contribution in [0.2, 0.25) is 0 Å². The molecule has 17 heavy (non-hydrogen) atoms. The Bertz CT molecular complexity index is 268. The zero-order valence-electron chi connectivity index (χ0n) is 11.6. The van der Waals surface area contributed by atoms with E-state index in [1.807, 2.05) is 20.8 Å². The van der Waals surface area contributed by atoms with Gasteiger partial charge in [-0.05, 0) is 47.5 Å². The highest BCUT2D eigenvalue weighted by molar-refractivity contribution is 5.72. The molecule has 4 nitrogen and oxygen atoms in total. The Labute approximate surface area is 104 Å². The number of rotatable bonds is 3. The fourth-order valence-corrected chi connectivity index (χ4v) is 2.01. The van der Waals surface area contributed by atoms with Crippen LogP contribution >= 0.6 is 0 Å². The summed E-state index contributed by atoms with van der Waals surface area (Å²) >= 11 is 0. The quantitative estimate of drug-likeness (QED) is 0.769. The number of hydrogen-bond donors (Lipinski definition) is 1. The molecule has 1 saturated heterocycles. The minimum Gasteiger partial charge on any atom is -0.459 e. The number of ether oxygens (including phenoxy) is 2. The van der Waals surface area contributed by atoms with E-state index in [2.05, 4.69) is 19.2 Å². The van der Waals surface area contributed by atoms with E-state index in [-0.39, 0.29) is 18.1 Å². The molecule has 1 aliphatic heterocycles. The zero-order valence-corrected chi connectivity index (χ0v) is 11.6. The van der Waals surface area contributed by atoms with E-state index in [1.54, 1.807) is 0 Å². The smallest absolute Gasteiger partial charge is 0.320 e. The van der Waals surface area contributed by atoms with Crippen molar-refractivity contribution in [2.75, 3.05) is 13.2 Å². The molecular weight excluding hydrogens is 218 g/mol. The molecule has 1 fully saturated rings. The molecule has 0 saturated carbocycles. The van der Waals surface area contributed by atoms with Gasteiger partial charge in [0.25, 0.3) is 0 Å². The van der Waals surface area contributed by atoms with Crippen molar-refractivity contribution in [2.24, 2.45) is 0 Å². The zero-order chi connectivity index (χ0) is 13.1. The molecule has 4 heteroatoms. The van der Waals surface area contributed by atoms with Crippen molar-refractivity contribution in [1.29, 1.82) is 0 Å². The lowest BCUT2D eigenvalue weighted by molar-refractivity contribution is -0.154. The van der Waals surface area contributed by atoms with Crippen LogP contribution in [0.3, 0.4) is 0 Å². The van der Waals surface area contributed by atoms with Crippen molar-refractivity contribution >= 4 is 5.97 Å². The van der Waals surface area contributed by atoms with E-state index in [1.165, 1.54) is 0 Å². The SMILES string of the molecule is CC(C)(C)OC(=O)CNC1CCOC(C)(C)C1. The predicted molar refractivity (Wildman–Crippen MR) is 66.9 cm³/mol. The first kappa shape index (κ1) is 14.5. The molecule has 1 N–H and O–H groups in total. The van der Waals surface area contributed by atoms with E-state index in [4.69, 9.17) is 9.47 Å². The van der Waals surface area contributed by atoms with Crippen LogP contribution in [-0.2, 0) is 14.3 Å². The van der Waals surface area contributed by atoms with E-state index >= 15 is 0 Å². The van der Waals surface area contributed by atoms with Gasteiger partial charge < -0.3 is 14.8 Å². The van der Waals surface area contributed by atoms with E-state index in [9.17, 15) is 4.79 Å². The van der Waals surface area contributed by atoms with Crippen LogP contribution in [0.15, 0.2) is 0 Å². The summed E-state index contributed by atoms with van der Waals surface area (Å²) in [7, 11) is 0. The van der Waals surface area contributed by atoms with Crippen molar-refractivity contribution in [3.8, 4) is 0 Å². The topological polar surface area (TPSA) is 47.6 Å². The van der Waals surface area contributed by atoms with Crippen molar-refractivity contribution in [2.45, 2.75) is 64.7 Å². The number of esters is 1. The van der Waals surface area contributed by atoms with E-state index in [0.29, 0.717) is 6.04 Å². The average molecular weight is 243 g/mol. The maximum atomic E-state index is 11.5. The largest absolute Gasteiger partial charge is 0.459 e. The van der Waals surface area contributed by atoms with Gasteiger partial charge in [0.15, 0.2) is 0 Å². The molecule has 1 rings (SSSR count). The summed E-state index contributed by atoms with van der Waals surface area (Å²) in [5, 5.41) is 3.25. The van der Waals surface area contributed by atoms with Gasteiger partial charge in [0, 0.05) is 12.6 Å². The van der Waals surface area contributed by atoms with Gasteiger partial charge in [-0.25, -0.2) is 0 Å². The first-order valence-corrected chi connectivity index (χ1v) is 6.27. The molecule has 0 aliphatic carbocycles. The highest BCUT2D eigenvalue weighted by Crippen LogP contribution is 2.23. The van der Waals surface area contributed by atoms with E-state index in [0.717, 1.165) is 19.4 Å². The van der Waals surface area contributed by atoms with Gasteiger partial charge in [-0.15, -0.1) is 0 Å². The molecule has 0 aromatic heterocycles. The number of nitrogens with one attached hydrogen (secondary N) is 1. The summed E-state index contributed by atoms with van der Waals surface area (Å²) < 4.78 is 10.9. The summed E-state index contributed by atoms with van der Waals surface area (Å²) in [4.78, 5) is 11.5. The van der Waals surface area contributed by atoms with Crippen molar-refractivity contribution in [3.05, 3.63) is 0 Å². The predicted octanol–water partition coefficient (Wildman–Crippen LogP) is 1.88. The second kappa shape index (κ2) is 5.36. The van der Waals surface area contributed by atoms with Crippen molar-refractivity contribution < 1.29 is 14.3 Å². The fourth-order valence-electron chi connectivity index (χ4n) is 2.01. The van der Waals surface area contributed by atoms with Crippen LogP contribution in [0.1, 0.15) is 47.5 Å². The normalized spacial score (nSPS) is 24.4. The third-order valence-corrected chi connectivity index (χ3v) is 2.65. The van der Waals surface area contributed by atoms with Crippen LogP contribution in [0.25, 0.3) is 0 Å². The Kier molecular flexibility index (Phi) is 4.55. The second-order valence-electron chi connectivity index (χ2n) is 6.27. The summed E-state index contributed by atoms with van der Waals surface area (Å²) in [6.45, 7) is 10.8. The van der Waals surface area contributed by atoms with Gasteiger partial charge in [0.2, 0.25) is 0 Å². The Balaban J connectivity index is 2.29. The summed E-state index contributed by atoms with van der Waals surface area (Å²) in [5.41, 5.74) is -0.502. The standard InChI is InChI=1S/C13H25NO3/c1-12(2,3)17-11(15)9-14-10-6-7-16-13(4,5)8-10/h10,14H,6-9H2,1-5H3. The lowest BCUT2D eigenvalue weighted by Crippen LogP contribution is -2.45. The maximum absolute atomic E-state index is 11.5. The van der Waals surface area contributed by atoms with Gasteiger partial charge >= 0.3 is 5.97 Å². The molecule has 0 aromatic rings. The number of hydrogen-bond acceptors (Lipinski definition) is 4. The molecule has 0 spiro atoms. The second-order valence-corrected chi connectivity index (χ2v) is 6.27. The van der Waals surface area contributed by atoms with Crippen LogP contribution in [0.5, 0.6) is 0 Å². The van der Waals surface area contributed by atoms with E-state index < -0.39 is 5.60 Å². The first-order valence-electron chi connectivity index (χ1n) is 6.27. The monoisotopic (exact) mass is 243 g/mol. The Morgan fingerprint density at radius 2 is 2.12 bits per heavy atom. The highest BCUT2D eigenvalue weighted by atomic mass is 16.6. The van der Waals surface area contributed by atoms with Crippen LogP contribution in [0, 0.1) is 0 Å². The van der Waals surface area contributed by atoms with Gasteiger partial charge in [-0.3, -0.25) is 4.79 Å². The average Bonchev–Trinajstić information content (AvgIpc) is 2.10. The maximum Gasteiger partial charge on any atom is 0.320 e. The third-order valence-electron chi connectivity index (χ3n) is 2.65. The van der Waals surface area contributed by atoms with Crippen LogP contribution in [0.4, 0.5) is 0 Å².